The molecule has 2 heterocycles. The Hall–Kier alpha value is -1.56. The van der Waals surface area contributed by atoms with Crippen LogP contribution >= 0.6 is 34.5 Å². The van der Waals surface area contributed by atoms with Gasteiger partial charge in [0.15, 0.2) is 0 Å². The van der Waals surface area contributed by atoms with Crippen molar-refractivity contribution in [1.29, 1.82) is 0 Å². The molecule has 25 heavy (non-hydrogen) atoms. The van der Waals surface area contributed by atoms with Crippen molar-refractivity contribution in [3.8, 4) is 0 Å². The molecule has 0 aliphatic carbocycles. The Balaban J connectivity index is 1.65. The Morgan fingerprint density at radius 2 is 2.12 bits per heavy atom. The summed E-state index contributed by atoms with van der Waals surface area (Å²) >= 11 is 13.6. The van der Waals surface area contributed by atoms with Crippen LogP contribution in [0.3, 0.4) is 0 Å². The zero-order valence-corrected chi connectivity index (χ0v) is 16.0. The number of thiophene rings is 1. The van der Waals surface area contributed by atoms with Crippen LogP contribution in [0.4, 0.5) is 0 Å². The maximum atomic E-state index is 12.6. The predicted octanol–water partition coefficient (Wildman–Crippen LogP) is 4.32. The van der Waals surface area contributed by atoms with Gasteiger partial charge in [-0.25, -0.2) is 0 Å². The van der Waals surface area contributed by atoms with Crippen LogP contribution in [0.25, 0.3) is 0 Å². The molecule has 1 aliphatic rings. The second kappa shape index (κ2) is 7.77. The van der Waals surface area contributed by atoms with Crippen LogP contribution in [0.2, 0.25) is 10.0 Å². The SMILES string of the molecule is CCC1c2ccsc2CCN1C(=O)CNC(=O)c1ccc(Cl)cc1Cl. The van der Waals surface area contributed by atoms with E-state index >= 15 is 0 Å². The number of carbonyl (C=O) groups is 2. The quantitative estimate of drug-likeness (QED) is 0.836. The molecule has 0 bridgehead atoms. The van der Waals surface area contributed by atoms with Crippen molar-refractivity contribution >= 4 is 46.4 Å². The van der Waals surface area contributed by atoms with E-state index in [2.05, 4.69) is 23.7 Å². The summed E-state index contributed by atoms with van der Waals surface area (Å²) in [5.41, 5.74) is 1.55. The van der Waals surface area contributed by atoms with Crippen LogP contribution in [-0.4, -0.2) is 29.8 Å². The second-order valence-electron chi connectivity index (χ2n) is 5.87. The lowest BCUT2D eigenvalue weighted by Gasteiger charge is -2.35. The third-order valence-electron chi connectivity index (χ3n) is 4.38. The Bertz CT molecular complexity index is 806. The number of hydrogen-bond acceptors (Lipinski definition) is 3. The fourth-order valence-electron chi connectivity index (χ4n) is 3.16. The zero-order valence-electron chi connectivity index (χ0n) is 13.7. The molecule has 0 spiro atoms. The molecule has 3 rings (SSSR count). The highest BCUT2D eigenvalue weighted by Gasteiger charge is 2.30. The first-order valence-electron chi connectivity index (χ1n) is 8.10. The molecule has 1 unspecified atom stereocenters. The van der Waals surface area contributed by atoms with E-state index in [9.17, 15) is 9.59 Å². The molecule has 1 N–H and O–H groups in total. The van der Waals surface area contributed by atoms with Gasteiger partial charge in [0.2, 0.25) is 5.91 Å². The average molecular weight is 397 g/mol. The van der Waals surface area contributed by atoms with Gasteiger partial charge in [-0.2, -0.15) is 0 Å². The number of carbonyl (C=O) groups excluding carboxylic acids is 2. The first kappa shape index (κ1) is 18.2. The molecule has 7 heteroatoms. The monoisotopic (exact) mass is 396 g/mol. The van der Waals surface area contributed by atoms with Crippen LogP contribution in [0.1, 0.15) is 40.2 Å². The van der Waals surface area contributed by atoms with Gasteiger partial charge >= 0.3 is 0 Å². The molecule has 2 amide bonds. The molecular formula is C18H18Cl2N2O2S. The number of halogens is 2. The summed E-state index contributed by atoms with van der Waals surface area (Å²) in [6, 6.07) is 6.84. The number of fused-ring (bicyclic) bond motifs is 1. The smallest absolute Gasteiger partial charge is 0.253 e. The zero-order chi connectivity index (χ0) is 18.0. The number of benzene rings is 1. The van der Waals surface area contributed by atoms with E-state index in [1.807, 2.05) is 4.90 Å². The van der Waals surface area contributed by atoms with Crippen molar-refractivity contribution < 1.29 is 9.59 Å². The molecule has 0 fully saturated rings. The number of hydrogen-bond donors (Lipinski definition) is 1. The topological polar surface area (TPSA) is 49.4 Å². The summed E-state index contributed by atoms with van der Waals surface area (Å²) < 4.78 is 0. The fourth-order valence-corrected chi connectivity index (χ4v) is 4.58. The van der Waals surface area contributed by atoms with Gasteiger partial charge in [0, 0.05) is 16.4 Å². The van der Waals surface area contributed by atoms with Crippen molar-refractivity contribution in [2.24, 2.45) is 0 Å². The standard InChI is InChI=1S/C18H18Cl2N2O2S/c1-2-15-13-6-8-25-16(13)5-7-22(15)17(23)10-21-18(24)12-4-3-11(19)9-14(12)20/h3-4,6,8-9,15H,2,5,7,10H2,1H3,(H,21,24). The highest BCUT2D eigenvalue weighted by atomic mass is 35.5. The van der Waals surface area contributed by atoms with E-state index in [4.69, 9.17) is 23.2 Å². The van der Waals surface area contributed by atoms with Gasteiger partial charge in [0.1, 0.15) is 0 Å². The number of nitrogens with zero attached hydrogens (tertiary/aromatic N) is 1. The molecule has 0 radical (unpaired) electrons. The summed E-state index contributed by atoms with van der Waals surface area (Å²) in [6.45, 7) is 2.71. The van der Waals surface area contributed by atoms with Crippen molar-refractivity contribution in [1.82, 2.24) is 10.2 Å². The lowest BCUT2D eigenvalue weighted by molar-refractivity contribution is -0.133. The fraction of sp³-hybridized carbons (Fsp3) is 0.333. The molecule has 2 aromatic rings. The largest absolute Gasteiger partial charge is 0.343 e. The van der Waals surface area contributed by atoms with Gasteiger partial charge in [0.25, 0.3) is 5.91 Å². The Labute approximate surface area is 160 Å². The van der Waals surface area contributed by atoms with Crippen LogP contribution in [0.5, 0.6) is 0 Å². The first-order chi connectivity index (χ1) is 12.0. The number of nitrogens with one attached hydrogen (secondary N) is 1. The highest BCUT2D eigenvalue weighted by Crippen LogP contribution is 2.35. The van der Waals surface area contributed by atoms with Gasteiger partial charge in [0.05, 0.1) is 23.2 Å². The lowest BCUT2D eigenvalue weighted by Crippen LogP contribution is -2.44. The van der Waals surface area contributed by atoms with Gasteiger partial charge in [-0.15, -0.1) is 11.3 Å². The molecule has 4 nitrogen and oxygen atoms in total. The number of rotatable bonds is 4. The Kier molecular flexibility index (Phi) is 5.67. The van der Waals surface area contributed by atoms with E-state index < -0.39 is 0 Å². The van der Waals surface area contributed by atoms with E-state index in [1.165, 1.54) is 16.5 Å². The van der Waals surface area contributed by atoms with E-state index in [-0.39, 0.29) is 29.4 Å². The lowest BCUT2D eigenvalue weighted by atomic mass is 9.98. The minimum Gasteiger partial charge on any atom is -0.343 e. The summed E-state index contributed by atoms with van der Waals surface area (Å²) in [6.07, 6.45) is 1.72. The normalized spacial score (nSPS) is 16.4. The molecule has 1 aromatic heterocycles. The van der Waals surface area contributed by atoms with Crippen molar-refractivity contribution in [3.05, 3.63) is 55.7 Å². The Morgan fingerprint density at radius 3 is 2.84 bits per heavy atom. The first-order valence-corrected chi connectivity index (χ1v) is 9.73. The molecule has 1 aliphatic heterocycles. The van der Waals surface area contributed by atoms with Crippen molar-refractivity contribution in [2.45, 2.75) is 25.8 Å². The van der Waals surface area contributed by atoms with Gasteiger partial charge < -0.3 is 10.2 Å². The summed E-state index contributed by atoms with van der Waals surface area (Å²) in [5, 5.41) is 5.47. The van der Waals surface area contributed by atoms with E-state index in [1.54, 1.807) is 23.5 Å². The molecular weight excluding hydrogens is 379 g/mol. The maximum Gasteiger partial charge on any atom is 0.253 e. The molecule has 132 valence electrons. The van der Waals surface area contributed by atoms with Crippen LogP contribution in [0, 0.1) is 0 Å². The molecule has 1 atom stereocenters. The van der Waals surface area contributed by atoms with Crippen LogP contribution < -0.4 is 5.32 Å². The third kappa shape index (κ3) is 3.84. The average Bonchev–Trinajstić information content (AvgIpc) is 3.07. The Morgan fingerprint density at radius 1 is 1.32 bits per heavy atom. The maximum absolute atomic E-state index is 12.6. The molecule has 1 aromatic carbocycles. The van der Waals surface area contributed by atoms with E-state index in [0.717, 1.165) is 12.8 Å². The van der Waals surface area contributed by atoms with Gasteiger partial charge in [-0.05, 0) is 48.1 Å². The van der Waals surface area contributed by atoms with E-state index in [0.29, 0.717) is 17.1 Å². The molecule has 0 saturated heterocycles. The molecule has 0 saturated carbocycles. The highest BCUT2D eigenvalue weighted by molar-refractivity contribution is 7.10. The number of amides is 2. The van der Waals surface area contributed by atoms with Gasteiger partial charge in [-0.3, -0.25) is 9.59 Å². The van der Waals surface area contributed by atoms with Gasteiger partial charge in [-0.1, -0.05) is 30.1 Å². The summed E-state index contributed by atoms with van der Waals surface area (Å²) in [4.78, 5) is 28.1. The third-order valence-corrected chi connectivity index (χ3v) is 5.92. The summed E-state index contributed by atoms with van der Waals surface area (Å²) in [5.74, 6) is -0.460. The predicted molar refractivity (Wildman–Crippen MR) is 102 cm³/mol. The van der Waals surface area contributed by atoms with Crippen molar-refractivity contribution in [2.75, 3.05) is 13.1 Å². The van der Waals surface area contributed by atoms with Crippen molar-refractivity contribution in [3.63, 3.8) is 0 Å². The van der Waals surface area contributed by atoms with Crippen LogP contribution in [0.15, 0.2) is 29.6 Å². The minimum atomic E-state index is -0.378. The second-order valence-corrected chi connectivity index (χ2v) is 7.71. The summed E-state index contributed by atoms with van der Waals surface area (Å²) in [7, 11) is 0. The van der Waals surface area contributed by atoms with Crippen LogP contribution in [-0.2, 0) is 11.2 Å². The minimum absolute atomic E-state index is 0.0479.